The Morgan fingerprint density at radius 2 is 2.12 bits per heavy atom. The molecule has 3 amide bonds. The molecule has 1 atom stereocenters. The normalized spacial score (nSPS) is 21.6. The number of nitrogens with zero attached hydrogens (tertiary/aromatic N) is 1. The lowest BCUT2D eigenvalue weighted by Gasteiger charge is -2.18. The number of hydrogen-bond acceptors (Lipinski definition) is 3. The highest BCUT2D eigenvalue weighted by Crippen LogP contribution is 2.45. The number of likely N-dealkylation sites (tertiary alicyclic amines) is 1. The highest BCUT2D eigenvalue weighted by atomic mass is 35.5. The summed E-state index contributed by atoms with van der Waals surface area (Å²) in [4.78, 5) is 37.4. The van der Waals surface area contributed by atoms with E-state index >= 15 is 0 Å². The number of benzene rings is 1. The number of halogens is 1. The Morgan fingerprint density at radius 1 is 1.38 bits per heavy atom. The summed E-state index contributed by atoms with van der Waals surface area (Å²) >= 11 is 5.96. The monoisotopic (exact) mass is 349 g/mol. The van der Waals surface area contributed by atoms with E-state index in [0.29, 0.717) is 37.4 Å². The van der Waals surface area contributed by atoms with E-state index in [2.05, 4.69) is 5.32 Å². The summed E-state index contributed by atoms with van der Waals surface area (Å²) in [6.45, 7) is 1.03. The molecule has 3 rings (SSSR count). The maximum Gasteiger partial charge on any atom is 0.235 e. The van der Waals surface area contributed by atoms with Gasteiger partial charge in [-0.2, -0.15) is 0 Å². The van der Waals surface area contributed by atoms with Crippen LogP contribution < -0.4 is 11.1 Å². The summed E-state index contributed by atoms with van der Waals surface area (Å²) < 4.78 is 0. The quantitative estimate of drug-likeness (QED) is 0.746. The lowest BCUT2D eigenvalue weighted by molar-refractivity contribution is -0.135. The van der Waals surface area contributed by atoms with Crippen molar-refractivity contribution in [2.45, 2.75) is 31.7 Å². The van der Waals surface area contributed by atoms with Gasteiger partial charge in [-0.25, -0.2) is 0 Å². The van der Waals surface area contributed by atoms with Gasteiger partial charge < -0.3 is 16.0 Å². The van der Waals surface area contributed by atoms with Crippen molar-refractivity contribution in [2.24, 2.45) is 11.1 Å². The molecular formula is C17H20ClN3O3. The van der Waals surface area contributed by atoms with E-state index in [1.54, 1.807) is 4.90 Å². The van der Waals surface area contributed by atoms with Crippen molar-refractivity contribution in [3.8, 4) is 0 Å². The van der Waals surface area contributed by atoms with E-state index in [1.165, 1.54) is 0 Å². The lowest BCUT2D eigenvalue weighted by atomic mass is 10.1. The summed E-state index contributed by atoms with van der Waals surface area (Å²) in [5.41, 5.74) is 5.32. The molecule has 128 valence electrons. The lowest BCUT2D eigenvalue weighted by Crippen LogP contribution is -2.45. The Labute approximate surface area is 145 Å². The topological polar surface area (TPSA) is 92.5 Å². The van der Waals surface area contributed by atoms with Crippen LogP contribution in [-0.4, -0.2) is 41.8 Å². The van der Waals surface area contributed by atoms with Gasteiger partial charge in [-0.1, -0.05) is 23.7 Å². The molecule has 1 saturated heterocycles. The predicted molar refractivity (Wildman–Crippen MR) is 89.1 cm³/mol. The molecule has 1 aliphatic carbocycles. The van der Waals surface area contributed by atoms with Gasteiger partial charge >= 0.3 is 0 Å². The Bertz CT molecular complexity index is 687. The van der Waals surface area contributed by atoms with Crippen molar-refractivity contribution < 1.29 is 14.4 Å². The zero-order valence-corrected chi connectivity index (χ0v) is 14.0. The number of hydrogen-bond donors (Lipinski definition) is 2. The third-order valence-corrected chi connectivity index (χ3v) is 5.00. The minimum atomic E-state index is -1.04. The predicted octanol–water partition coefficient (Wildman–Crippen LogP) is 0.865. The van der Waals surface area contributed by atoms with Crippen LogP contribution in [0, 0.1) is 5.41 Å². The van der Waals surface area contributed by atoms with Gasteiger partial charge in [-0.15, -0.1) is 0 Å². The average Bonchev–Trinajstić information content (AvgIpc) is 3.26. The van der Waals surface area contributed by atoms with Crippen molar-refractivity contribution in [2.75, 3.05) is 13.1 Å². The smallest absolute Gasteiger partial charge is 0.235 e. The molecule has 24 heavy (non-hydrogen) atoms. The zero-order valence-electron chi connectivity index (χ0n) is 13.3. The molecule has 1 saturated carbocycles. The summed E-state index contributed by atoms with van der Waals surface area (Å²) in [6, 6.07) is 7.27. The molecule has 0 aromatic heterocycles. The Balaban J connectivity index is 1.52. The molecule has 6 nitrogen and oxygen atoms in total. The molecule has 2 aliphatic rings. The molecule has 1 aliphatic heterocycles. The summed E-state index contributed by atoms with van der Waals surface area (Å²) in [6.07, 6.45) is 1.95. The van der Waals surface area contributed by atoms with Crippen LogP contribution >= 0.6 is 11.6 Å². The van der Waals surface area contributed by atoms with Crippen LogP contribution in [0.5, 0.6) is 0 Å². The van der Waals surface area contributed by atoms with Gasteiger partial charge in [0.2, 0.25) is 17.7 Å². The number of primary amides is 1. The second-order valence-electron chi connectivity index (χ2n) is 6.54. The van der Waals surface area contributed by atoms with Gasteiger partial charge in [-0.05, 0) is 37.0 Å². The molecule has 0 bridgehead atoms. The van der Waals surface area contributed by atoms with E-state index in [4.69, 9.17) is 17.3 Å². The second kappa shape index (κ2) is 6.43. The SMILES string of the molecule is NC(=O)C1(C(=O)N[C@H]2CC(=O)N(CCc3cccc(Cl)c3)C2)CC1. The fraction of sp³-hybridized carbons (Fsp3) is 0.471. The number of carbonyl (C=O) groups excluding carboxylic acids is 3. The number of carbonyl (C=O) groups is 3. The van der Waals surface area contributed by atoms with Gasteiger partial charge in [-0.3, -0.25) is 14.4 Å². The van der Waals surface area contributed by atoms with Crippen LogP contribution in [0.3, 0.4) is 0 Å². The molecule has 0 spiro atoms. The fourth-order valence-electron chi connectivity index (χ4n) is 3.08. The van der Waals surface area contributed by atoms with Crippen LogP contribution in [0.2, 0.25) is 5.02 Å². The maximum absolute atomic E-state index is 12.2. The third kappa shape index (κ3) is 3.38. The molecule has 7 heteroatoms. The number of amides is 3. The van der Waals surface area contributed by atoms with Gasteiger partial charge in [0.25, 0.3) is 0 Å². The molecule has 3 N–H and O–H groups in total. The summed E-state index contributed by atoms with van der Waals surface area (Å²) in [5, 5.41) is 3.48. The van der Waals surface area contributed by atoms with Crippen molar-refractivity contribution in [1.82, 2.24) is 10.2 Å². The van der Waals surface area contributed by atoms with Crippen LogP contribution in [0.1, 0.15) is 24.8 Å². The first-order valence-electron chi connectivity index (χ1n) is 8.04. The fourth-order valence-corrected chi connectivity index (χ4v) is 3.29. The molecule has 2 fully saturated rings. The van der Waals surface area contributed by atoms with Crippen molar-refractivity contribution in [3.63, 3.8) is 0 Å². The highest BCUT2D eigenvalue weighted by molar-refractivity contribution is 6.30. The number of rotatable bonds is 6. The number of nitrogens with one attached hydrogen (secondary N) is 1. The Hall–Kier alpha value is -2.08. The Kier molecular flexibility index (Phi) is 4.49. The minimum absolute atomic E-state index is 0.00579. The summed E-state index contributed by atoms with van der Waals surface area (Å²) in [5.74, 6) is -0.919. The van der Waals surface area contributed by atoms with Crippen LogP contribution in [0.15, 0.2) is 24.3 Å². The molecule has 1 heterocycles. The molecule has 0 unspecified atom stereocenters. The molecule has 1 aromatic rings. The van der Waals surface area contributed by atoms with E-state index in [1.807, 2.05) is 24.3 Å². The second-order valence-corrected chi connectivity index (χ2v) is 6.98. The first-order chi connectivity index (χ1) is 11.4. The molecule has 1 aromatic carbocycles. The van der Waals surface area contributed by atoms with Gasteiger partial charge in [0.1, 0.15) is 5.41 Å². The third-order valence-electron chi connectivity index (χ3n) is 4.77. The van der Waals surface area contributed by atoms with E-state index < -0.39 is 11.3 Å². The maximum atomic E-state index is 12.2. The van der Waals surface area contributed by atoms with Gasteiger partial charge in [0, 0.05) is 24.5 Å². The Morgan fingerprint density at radius 3 is 2.75 bits per heavy atom. The van der Waals surface area contributed by atoms with Crippen LogP contribution in [-0.2, 0) is 20.8 Å². The molecular weight excluding hydrogens is 330 g/mol. The van der Waals surface area contributed by atoms with Crippen molar-refractivity contribution in [1.29, 1.82) is 0 Å². The first-order valence-corrected chi connectivity index (χ1v) is 8.41. The standard InChI is InChI=1S/C17H20ClN3O3/c18-12-3-1-2-11(8-12)4-7-21-10-13(9-14(21)22)20-16(24)17(5-6-17)15(19)23/h1-3,8,13H,4-7,9-10H2,(H2,19,23)(H,20,24)/t13-/m0/s1. The van der Waals surface area contributed by atoms with E-state index in [0.717, 1.165) is 5.56 Å². The van der Waals surface area contributed by atoms with Crippen molar-refractivity contribution in [3.05, 3.63) is 34.9 Å². The van der Waals surface area contributed by atoms with Gasteiger partial charge in [0.05, 0.1) is 6.04 Å². The minimum Gasteiger partial charge on any atom is -0.369 e. The number of nitrogens with two attached hydrogens (primary N) is 1. The van der Waals surface area contributed by atoms with Crippen LogP contribution in [0.4, 0.5) is 0 Å². The zero-order chi connectivity index (χ0) is 17.3. The largest absolute Gasteiger partial charge is 0.369 e. The highest BCUT2D eigenvalue weighted by Gasteiger charge is 2.56. The first kappa shape index (κ1) is 16.8. The molecule has 0 radical (unpaired) electrons. The van der Waals surface area contributed by atoms with E-state index in [9.17, 15) is 14.4 Å². The van der Waals surface area contributed by atoms with Crippen LogP contribution in [0.25, 0.3) is 0 Å². The van der Waals surface area contributed by atoms with Crippen molar-refractivity contribution >= 4 is 29.3 Å². The van der Waals surface area contributed by atoms with Gasteiger partial charge in [0.15, 0.2) is 0 Å². The average molecular weight is 350 g/mol. The summed E-state index contributed by atoms with van der Waals surface area (Å²) in [7, 11) is 0. The van der Waals surface area contributed by atoms with E-state index in [-0.39, 0.29) is 24.3 Å².